The van der Waals surface area contributed by atoms with E-state index < -0.39 is 0 Å². The van der Waals surface area contributed by atoms with E-state index >= 15 is 0 Å². The lowest BCUT2D eigenvalue weighted by Gasteiger charge is -2.03. The summed E-state index contributed by atoms with van der Waals surface area (Å²) in [5.41, 5.74) is 6.76. The number of nitrogens with zero attached hydrogens (tertiary/aromatic N) is 3. The Hall–Kier alpha value is -2.54. The number of nitrogen functional groups attached to an aromatic ring is 1. The summed E-state index contributed by atoms with van der Waals surface area (Å²) in [6.45, 7) is 2.15. The van der Waals surface area contributed by atoms with E-state index in [-0.39, 0.29) is 22.7 Å². The van der Waals surface area contributed by atoms with Crippen molar-refractivity contribution in [2.45, 2.75) is 32.6 Å². The molecule has 0 saturated carbocycles. The van der Waals surface area contributed by atoms with Gasteiger partial charge in [-0.1, -0.05) is 43.3 Å². The van der Waals surface area contributed by atoms with Crippen molar-refractivity contribution in [3.63, 3.8) is 0 Å². The van der Waals surface area contributed by atoms with Gasteiger partial charge < -0.3 is 5.73 Å². The van der Waals surface area contributed by atoms with Crippen LogP contribution in [0.1, 0.15) is 36.8 Å². The lowest BCUT2D eigenvalue weighted by atomic mass is 10.1. The number of carbonyl (C=O) groups is 1. The Bertz CT molecular complexity index is 916. The van der Waals surface area contributed by atoms with Crippen LogP contribution < -0.4 is 11.3 Å². The second-order valence-electron chi connectivity index (χ2n) is 5.58. The Morgan fingerprint density at radius 2 is 1.96 bits per heavy atom. The fourth-order valence-corrected chi connectivity index (χ4v) is 3.35. The van der Waals surface area contributed by atoms with Gasteiger partial charge in [0.1, 0.15) is 10.8 Å². The summed E-state index contributed by atoms with van der Waals surface area (Å²) in [4.78, 5) is 28.0. The Balaban J connectivity index is 1.99. The molecule has 0 bridgehead atoms. The third-order valence-corrected chi connectivity index (χ3v) is 4.69. The van der Waals surface area contributed by atoms with Crippen molar-refractivity contribution in [1.82, 2.24) is 14.6 Å². The predicted octanol–water partition coefficient (Wildman–Crippen LogP) is 2.54. The molecule has 2 aromatic rings. The Labute approximate surface area is 143 Å². The molecule has 1 aliphatic rings. The van der Waals surface area contributed by atoms with E-state index in [2.05, 4.69) is 17.0 Å². The lowest BCUT2D eigenvalue weighted by molar-refractivity contribution is -0.110. The minimum absolute atomic E-state index is 0.0818. The van der Waals surface area contributed by atoms with Gasteiger partial charge in [0, 0.05) is 6.42 Å². The first-order valence-electron chi connectivity index (χ1n) is 7.88. The quantitative estimate of drug-likeness (QED) is 0.843. The van der Waals surface area contributed by atoms with E-state index in [9.17, 15) is 9.59 Å². The average molecular weight is 342 g/mol. The molecule has 2 aromatic heterocycles. The van der Waals surface area contributed by atoms with Gasteiger partial charge in [0.15, 0.2) is 5.78 Å². The molecule has 6 nitrogen and oxygen atoms in total. The number of nitrogens with two attached hydrogens (primary N) is 1. The molecule has 124 valence electrons. The largest absolute Gasteiger partial charge is 0.383 e. The fraction of sp³-hybridized carbons (Fsp3) is 0.294. The molecule has 0 aromatic carbocycles. The first kappa shape index (κ1) is 16.3. The molecule has 0 radical (unpaired) electrons. The monoisotopic (exact) mass is 342 g/mol. The second-order valence-corrected chi connectivity index (χ2v) is 6.62. The van der Waals surface area contributed by atoms with Gasteiger partial charge >= 0.3 is 0 Å². The van der Waals surface area contributed by atoms with Crippen molar-refractivity contribution in [2.75, 3.05) is 5.73 Å². The van der Waals surface area contributed by atoms with Gasteiger partial charge in [0.2, 0.25) is 4.96 Å². The number of hydrogen-bond donors (Lipinski definition) is 1. The summed E-state index contributed by atoms with van der Waals surface area (Å²) >= 11 is 1.40. The summed E-state index contributed by atoms with van der Waals surface area (Å²) in [6, 6.07) is 0. The van der Waals surface area contributed by atoms with Crippen molar-refractivity contribution >= 4 is 34.0 Å². The van der Waals surface area contributed by atoms with Gasteiger partial charge in [-0.05, 0) is 30.2 Å². The first-order chi connectivity index (χ1) is 11.6. The molecule has 0 fully saturated rings. The normalized spacial score (nSPS) is 13.9. The molecule has 24 heavy (non-hydrogen) atoms. The molecule has 3 rings (SSSR count). The lowest BCUT2D eigenvalue weighted by Crippen LogP contribution is -2.16. The van der Waals surface area contributed by atoms with Crippen molar-refractivity contribution in [3.05, 3.63) is 50.8 Å². The summed E-state index contributed by atoms with van der Waals surface area (Å²) in [7, 11) is 0. The van der Waals surface area contributed by atoms with Crippen molar-refractivity contribution < 1.29 is 4.79 Å². The van der Waals surface area contributed by atoms with Crippen LogP contribution >= 0.6 is 11.3 Å². The molecule has 7 heteroatoms. The zero-order valence-corrected chi connectivity index (χ0v) is 14.2. The highest BCUT2D eigenvalue weighted by Gasteiger charge is 2.13. The van der Waals surface area contributed by atoms with Crippen LogP contribution in [0, 0.1) is 0 Å². The summed E-state index contributed by atoms with van der Waals surface area (Å²) < 4.78 is 1.53. The van der Waals surface area contributed by atoms with Gasteiger partial charge in [0.05, 0.1) is 5.56 Å². The Morgan fingerprint density at radius 1 is 1.21 bits per heavy atom. The van der Waals surface area contributed by atoms with Crippen molar-refractivity contribution in [2.24, 2.45) is 0 Å². The maximum atomic E-state index is 12.3. The van der Waals surface area contributed by atoms with E-state index in [1.165, 1.54) is 28.0 Å². The number of anilines is 1. The van der Waals surface area contributed by atoms with Crippen LogP contribution in [0.2, 0.25) is 0 Å². The topological polar surface area (TPSA) is 90.4 Å². The zero-order valence-electron chi connectivity index (χ0n) is 13.4. The van der Waals surface area contributed by atoms with Crippen LogP contribution in [0.3, 0.4) is 0 Å². The van der Waals surface area contributed by atoms with E-state index in [0.29, 0.717) is 4.96 Å². The van der Waals surface area contributed by atoms with Gasteiger partial charge in [-0.2, -0.15) is 14.6 Å². The van der Waals surface area contributed by atoms with Gasteiger partial charge in [-0.3, -0.25) is 9.59 Å². The molecule has 2 N–H and O–H groups in total. The van der Waals surface area contributed by atoms with Crippen molar-refractivity contribution in [3.8, 4) is 0 Å². The highest BCUT2D eigenvalue weighted by molar-refractivity contribution is 7.16. The number of unbranched alkanes of at least 4 members (excludes halogenated alkanes) is 2. The SMILES string of the molecule is CCCCCc1nn2c(N)c(C=C3C=CC(=O)C=C3)c(=O)nc2s1. The van der Waals surface area contributed by atoms with Crippen molar-refractivity contribution in [1.29, 1.82) is 0 Å². The zero-order chi connectivity index (χ0) is 17.1. The van der Waals surface area contributed by atoms with Gasteiger partial charge in [-0.25, -0.2) is 0 Å². The van der Waals surface area contributed by atoms with Gasteiger partial charge in [0.25, 0.3) is 5.56 Å². The summed E-state index contributed by atoms with van der Waals surface area (Å²) in [5.74, 6) is 0.191. The third-order valence-electron chi connectivity index (χ3n) is 3.72. The summed E-state index contributed by atoms with van der Waals surface area (Å²) in [6.07, 6.45) is 12.0. The smallest absolute Gasteiger partial charge is 0.283 e. The van der Waals surface area contributed by atoms with Crippen LogP contribution in [0.5, 0.6) is 0 Å². The van der Waals surface area contributed by atoms with Crippen LogP contribution in [0.15, 0.2) is 34.7 Å². The number of ketones is 1. The molecule has 1 aliphatic carbocycles. The number of fused-ring (bicyclic) bond motifs is 1. The molecule has 0 atom stereocenters. The Morgan fingerprint density at radius 3 is 2.67 bits per heavy atom. The number of carbonyl (C=O) groups excluding carboxylic acids is 1. The van der Waals surface area contributed by atoms with Crippen LogP contribution in [0.4, 0.5) is 5.82 Å². The molecular weight excluding hydrogens is 324 g/mol. The standard InChI is InChI=1S/C17H18N4O2S/c1-2-3-4-5-14-20-21-15(18)13(16(23)19-17(21)24-14)10-11-6-8-12(22)9-7-11/h6-10H,2-5,18H2,1H3. The van der Waals surface area contributed by atoms with E-state index in [4.69, 9.17) is 5.73 Å². The van der Waals surface area contributed by atoms with Crippen LogP contribution in [-0.4, -0.2) is 20.4 Å². The molecule has 2 heterocycles. The van der Waals surface area contributed by atoms with E-state index in [1.54, 1.807) is 18.2 Å². The Kier molecular flexibility index (Phi) is 4.71. The van der Waals surface area contributed by atoms with Crippen LogP contribution in [0.25, 0.3) is 11.0 Å². The number of hydrogen-bond acceptors (Lipinski definition) is 6. The fourth-order valence-electron chi connectivity index (χ4n) is 2.41. The molecule has 0 amide bonds. The number of allylic oxidation sites excluding steroid dienone is 5. The maximum Gasteiger partial charge on any atom is 0.283 e. The molecular formula is C17H18N4O2S. The minimum Gasteiger partial charge on any atom is -0.383 e. The maximum absolute atomic E-state index is 12.3. The highest BCUT2D eigenvalue weighted by atomic mass is 32.1. The molecule has 0 spiro atoms. The number of aryl methyl sites for hydroxylation is 1. The second kappa shape index (κ2) is 6.92. The average Bonchev–Trinajstić information content (AvgIpc) is 2.96. The molecule has 0 saturated heterocycles. The summed E-state index contributed by atoms with van der Waals surface area (Å²) in [5, 5.41) is 5.41. The van der Waals surface area contributed by atoms with Crippen LogP contribution in [-0.2, 0) is 11.2 Å². The molecule has 0 unspecified atom stereocenters. The number of aromatic nitrogens is 3. The van der Waals surface area contributed by atoms with E-state index in [0.717, 1.165) is 36.3 Å². The number of rotatable bonds is 5. The highest BCUT2D eigenvalue weighted by Crippen LogP contribution is 2.20. The molecule has 0 aliphatic heterocycles. The third kappa shape index (κ3) is 3.35. The van der Waals surface area contributed by atoms with E-state index in [1.807, 2.05) is 0 Å². The predicted molar refractivity (Wildman–Crippen MR) is 96.0 cm³/mol. The van der Waals surface area contributed by atoms with Gasteiger partial charge in [-0.15, -0.1) is 0 Å². The minimum atomic E-state index is -0.387. The first-order valence-corrected chi connectivity index (χ1v) is 8.70.